The van der Waals surface area contributed by atoms with Crippen LogP contribution in [0.1, 0.15) is 41.0 Å². The third-order valence-electron chi connectivity index (χ3n) is 3.34. The number of carbonyl (C=O) groups is 2. The van der Waals surface area contributed by atoms with Gasteiger partial charge < -0.3 is 14.7 Å². The van der Waals surface area contributed by atoms with Crippen LogP contribution in [0, 0.1) is 5.92 Å². The first kappa shape index (κ1) is 17.8. The van der Waals surface area contributed by atoms with Crippen molar-refractivity contribution in [3.05, 3.63) is 0 Å². The molecule has 0 radical (unpaired) electrons. The Morgan fingerprint density at radius 2 is 1.90 bits per heavy atom. The molecule has 0 saturated carbocycles. The number of piperazine rings is 1. The van der Waals surface area contributed by atoms with Gasteiger partial charge in [-0.2, -0.15) is 0 Å². The Labute approximate surface area is 127 Å². The highest BCUT2D eigenvalue weighted by Crippen LogP contribution is 2.19. The number of hydrogen-bond acceptors (Lipinski definition) is 4. The van der Waals surface area contributed by atoms with E-state index in [2.05, 4.69) is 13.8 Å². The van der Waals surface area contributed by atoms with Crippen LogP contribution in [0.25, 0.3) is 0 Å². The van der Waals surface area contributed by atoms with Crippen LogP contribution in [0.15, 0.2) is 0 Å². The molecule has 1 aliphatic heterocycles. The average Bonchev–Trinajstić information content (AvgIpc) is 2.27. The third kappa shape index (κ3) is 6.33. The lowest BCUT2D eigenvalue weighted by atomic mass is 10.00. The fourth-order valence-corrected chi connectivity index (χ4v) is 2.53. The van der Waals surface area contributed by atoms with Crippen LogP contribution in [0.2, 0.25) is 0 Å². The van der Waals surface area contributed by atoms with Crippen LogP contribution in [-0.4, -0.2) is 64.8 Å². The molecule has 0 bridgehead atoms. The molecule has 1 atom stereocenters. The van der Waals surface area contributed by atoms with Crippen molar-refractivity contribution in [1.29, 1.82) is 0 Å². The van der Waals surface area contributed by atoms with E-state index in [0.29, 0.717) is 25.6 Å². The second kappa shape index (κ2) is 7.11. The maximum Gasteiger partial charge on any atom is 0.410 e. The number of hydrogen-bond donors (Lipinski definition) is 1. The Kier molecular flexibility index (Phi) is 6.01. The third-order valence-corrected chi connectivity index (χ3v) is 3.34. The highest BCUT2D eigenvalue weighted by Gasteiger charge is 2.32. The zero-order valence-corrected chi connectivity index (χ0v) is 13.8. The predicted octanol–water partition coefficient (Wildman–Crippen LogP) is 2.04. The molecule has 1 heterocycles. The summed E-state index contributed by atoms with van der Waals surface area (Å²) in [6, 6.07) is 0.0716. The summed E-state index contributed by atoms with van der Waals surface area (Å²) in [6.45, 7) is 11.4. The normalized spacial score (nSPS) is 20.7. The van der Waals surface area contributed by atoms with Gasteiger partial charge in [-0.3, -0.25) is 9.69 Å². The van der Waals surface area contributed by atoms with Gasteiger partial charge in [0.25, 0.3) is 0 Å². The van der Waals surface area contributed by atoms with Gasteiger partial charge in [-0.25, -0.2) is 4.79 Å². The van der Waals surface area contributed by atoms with E-state index in [1.165, 1.54) is 0 Å². The van der Waals surface area contributed by atoms with Crippen LogP contribution in [-0.2, 0) is 9.53 Å². The highest BCUT2D eigenvalue weighted by molar-refractivity contribution is 5.70. The first-order valence-corrected chi connectivity index (χ1v) is 7.52. The average molecular weight is 300 g/mol. The van der Waals surface area contributed by atoms with Crippen LogP contribution in [0.4, 0.5) is 4.79 Å². The summed E-state index contributed by atoms with van der Waals surface area (Å²) in [5.74, 6) is -0.376. The Morgan fingerprint density at radius 1 is 1.29 bits per heavy atom. The van der Waals surface area contributed by atoms with Crippen LogP contribution >= 0.6 is 0 Å². The number of nitrogens with zero attached hydrogens (tertiary/aromatic N) is 2. The molecule has 1 fully saturated rings. The van der Waals surface area contributed by atoms with Gasteiger partial charge in [0.15, 0.2) is 0 Å². The number of carboxylic acids is 1. The number of aliphatic carboxylic acids is 1. The van der Waals surface area contributed by atoms with E-state index in [4.69, 9.17) is 9.84 Å². The van der Waals surface area contributed by atoms with E-state index < -0.39 is 11.6 Å². The molecule has 6 heteroatoms. The van der Waals surface area contributed by atoms with Crippen molar-refractivity contribution < 1.29 is 19.4 Å². The molecule has 21 heavy (non-hydrogen) atoms. The van der Waals surface area contributed by atoms with Crippen molar-refractivity contribution in [3.8, 4) is 0 Å². The molecule has 0 aromatic rings. The molecule has 1 rings (SSSR count). The van der Waals surface area contributed by atoms with Crippen molar-refractivity contribution in [2.45, 2.75) is 52.7 Å². The second-order valence-corrected chi connectivity index (χ2v) is 7.07. The van der Waals surface area contributed by atoms with Gasteiger partial charge in [-0.15, -0.1) is 0 Å². The van der Waals surface area contributed by atoms with Crippen LogP contribution in [0.5, 0.6) is 0 Å². The van der Waals surface area contributed by atoms with Crippen molar-refractivity contribution >= 4 is 12.1 Å². The van der Waals surface area contributed by atoms with Crippen molar-refractivity contribution in [3.63, 3.8) is 0 Å². The SMILES string of the molecule is CC(C)C[C@@H]1CN(C(=O)OC(C)(C)C)CCN1CC(=O)O. The van der Waals surface area contributed by atoms with Crippen molar-refractivity contribution in [2.24, 2.45) is 5.92 Å². The van der Waals surface area contributed by atoms with Gasteiger partial charge in [-0.1, -0.05) is 13.8 Å². The van der Waals surface area contributed by atoms with Gasteiger partial charge in [0, 0.05) is 25.7 Å². The summed E-state index contributed by atoms with van der Waals surface area (Å²) >= 11 is 0. The number of rotatable bonds is 4. The van der Waals surface area contributed by atoms with Gasteiger partial charge in [0.05, 0.1) is 6.54 Å². The number of amides is 1. The van der Waals surface area contributed by atoms with E-state index in [9.17, 15) is 9.59 Å². The summed E-state index contributed by atoms with van der Waals surface area (Å²) in [5, 5.41) is 9.00. The van der Waals surface area contributed by atoms with Gasteiger partial charge in [0.1, 0.15) is 5.60 Å². The molecule has 0 unspecified atom stereocenters. The van der Waals surface area contributed by atoms with Crippen molar-refractivity contribution in [2.75, 3.05) is 26.2 Å². The van der Waals surface area contributed by atoms with Crippen molar-refractivity contribution in [1.82, 2.24) is 9.80 Å². The Morgan fingerprint density at radius 3 is 2.38 bits per heavy atom. The maximum atomic E-state index is 12.1. The standard InChI is InChI=1S/C15H28N2O4/c1-11(2)8-12-9-17(14(20)21-15(3,4)5)7-6-16(12)10-13(18)19/h11-12H,6-10H2,1-5H3,(H,18,19)/t12-/m1/s1. The largest absolute Gasteiger partial charge is 0.480 e. The van der Waals surface area contributed by atoms with E-state index >= 15 is 0 Å². The lowest BCUT2D eigenvalue weighted by molar-refractivity contribution is -0.139. The van der Waals surface area contributed by atoms with Gasteiger partial charge >= 0.3 is 12.1 Å². The summed E-state index contributed by atoms with van der Waals surface area (Å²) in [5.41, 5.74) is -0.511. The Bertz CT molecular complexity index is 376. The fraction of sp³-hybridized carbons (Fsp3) is 0.867. The molecule has 0 aliphatic carbocycles. The van der Waals surface area contributed by atoms with E-state index in [-0.39, 0.29) is 18.7 Å². The van der Waals surface area contributed by atoms with Crippen LogP contribution in [0.3, 0.4) is 0 Å². The molecule has 0 spiro atoms. The molecule has 1 N–H and O–H groups in total. The lowest BCUT2D eigenvalue weighted by Gasteiger charge is -2.41. The Balaban J connectivity index is 2.69. The Hall–Kier alpha value is -1.30. The topological polar surface area (TPSA) is 70.1 Å². The molecule has 1 amide bonds. The lowest BCUT2D eigenvalue weighted by Crippen LogP contribution is -2.56. The van der Waals surface area contributed by atoms with Gasteiger partial charge in [-0.05, 0) is 33.1 Å². The smallest absolute Gasteiger partial charge is 0.410 e. The molecular weight excluding hydrogens is 272 g/mol. The highest BCUT2D eigenvalue weighted by atomic mass is 16.6. The monoisotopic (exact) mass is 300 g/mol. The zero-order chi connectivity index (χ0) is 16.2. The molecule has 0 aromatic carbocycles. The minimum atomic E-state index is -0.825. The number of carboxylic acid groups (broad SMARTS) is 1. The summed E-state index contributed by atoms with van der Waals surface area (Å²) in [7, 11) is 0. The first-order chi connectivity index (χ1) is 9.58. The maximum absolute atomic E-state index is 12.1. The molecular formula is C15H28N2O4. The number of carbonyl (C=O) groups excluding carboxylic acids is 1. The quantitative estimate of drug-likeness (QED) is 0.860. The van der Waals surface area contributed by atoms with Gasteiger partial charge in [0.2, 0.25) is 0 Å². The zero-order valence-electron chi connectivity index (χ0n) is 13.8. The first-order valence-electron chi connectivity index (χ1n) is 7.52. The predicted molar refractivity (Wildman–Crippen MR) is 80.3 cm³/mol. The van der Waals surface area contributed by atoms with E-state index in [0.717, 1.165) is 6.42 Å². The molecule has 1 saturated heterocycles. The summed E-state index contributed by atoms with van der Waals surface area (Å²) < 4.78 is 5.40. The van der Waals surface area contributed by atoms with E-state index in [1.807, 2.05) is 25.7 Å². The van der Waals surface area contributed by atoms with E-state index in [1.54, 1.807) is 4.90 Å². The van der Waals surface area contributed by atoms with Crippen LogP contribution < -0.4 is 0 Å². The minimum Gasteiger partial charge on any atom is -0.480 e. The molecule has 0 aromatic heterocycles. The molecule has 6 nitrogen and oxygen atoms in total. The molecule has 122 valence electrons. The minimum absolute atomic E-state index is 0.0273. The second-order valence-electron chi connectivity index (χ2n) is 7.07. The molecule has 1 aliphatic rings. The number of ether oxygens (including phenoxy) is 1. The summed E-state index contributed by atoms with van der Waals surface area (Å²) in [4.78, 5) is 26.7. The fourth-order valence-electron chi connectivity index (χ4n) is 2.53. The summed E-state index contributed by atoms with van der Waals surface area (Å²) in [6.07, 6.45) is 0.554.